The van der Waals surface area contributed by atoms with Crippen molar-refractivity contribution in [2.75, 3.05) is 5.32 Å². The van der Waals surface area contributed by atoms with Crippen molar-refractivity contribution in [2.45, 2.75) is 6.92 Å². The van der Waals surface area contributed by atoms with E-state index in [9.17, 15) is 0 Å². The maximum atomic E-state index is 4.72. The highest BCUT2D eigenvalue weighted by Crippen LogP contribution is 2.29. The third-order valence-corrected chi connectivity index (χ3v) is 4.82. The zero-order valence-corrected chi connectivity index (χ0v) is 14.8. The van der Waals surface area contributed by atoms with E-state index < -0.39 is 0 Å². The number of aryl methyl sites for hydroxylation is 1. The highest BCUT2D eigenvalue weighted by Gasteiger charge is 2.06. The molecule has 0 aliphatic rings. The van der Waals surface area contributed by atoms with Gasteiger partial charge in [-0.05, 0) is 35.7 Å². The molecule has 0 radical (unpaired) electrons. The minimum Gasteiger partial charge on any atom is -0.332 e. The first-order chi connectivity index (χ1) is 12.3. The average molecular weight is 342 g/mol. The van der Waals surface area contributed by atoms with E-state index in [1.807, 2.05) is 6.07 Å². The summed E-state index contributed by atoms with van der Waals surface area (Å²) in [5.74, 6) is 0. The van der Waals surface area contributed by atoms with Crippen LogP contribution in [0.4, 0.5) is 10.8 Å². The molecule has 0 fully saturated rings. The maximum Gasteiger partial charge on any atom is 0.187 e. The fraction of sp³-hybridized carbons (Fsp3) is 0.0455. The minimum atomic E-state index is 0.910. The molecule has 2 nitrogen and oxygen atoms in total. The molecule has 0 saturated carbocycles. The van der Waals surface area contributed by atoms with Crippen molar-refractivity contribution in [1.29, 1.82) is 0 Å². The molecule has 1 aromatic heterocycles. The van der Waals surface area contributed by atoms with E-state index >= 15 is 0 Å². The van der Waals surface area contributed by atoms with Gasteiger partial charge in [0.25, 0.3) is 0 Å². The Morgan fingerprint density at radius 3 is 2.24 bits per heavy atom. The Morgan fingerprint density at radius 1 is 0.760 bits per heavy atom. The number of benzene rings is 3. The Hall–Kier alpha value is -2.91. The summed E-state index contributed by atoms with van der Waals surface area (Å²) in [7, 11) is 0. The summed E-state index contributed by atoms with van der Waals surface area (Å²) in [4.78, 5) is 4.72. The van der Waals surface area contributed by atoms with Gasteiger partial charge in [0, 0.05) is 16.6 Å². The first kappa shape index (κ1) is 15.6. The van der Waals surface area contributed by atoms with E-state index in [1.165, 1.54) is 16.7 Å². The minimum absolute atomic E-state index is 0.910. The van der Waals surface area contributed by atoms with Crippen molar-refractivity contribution in [3.05, 3.63) is 89.8 Å². The van der Waals surface area contributed by atoms with E-state index in [2.05, 4.69) is 90.4 Å². The summed E-state index contributed by atoms with van der Waals surface area (Å²) < 4.78 is 0. The topological polar surface area (TPSA) is 24.9 Å². The monoisotopic (exact) mass is 342 g/mol. The fourth-order valence-electron chi connectivity index (χ4n) is 2.77. The molecular weight excluding hydrogens is 324 g/mol. The van der Waals surface area contributed by atoms with E-state index in [4.69, 9.17) is 4.98 Å². The molecule has 0 spiro atoms. The summed E-state index contributed by atoms with van der Waals surface area (Å²) in [6.07, 6.45) is 0. The summed E-state index contributed by atoms with van der Waals surface area (Å²) in [6.45, 7) is 2.09. The Bertz CT molecular complexity index is 972. The van der Waals surface area contributed by atoms with Crippen LogP contribution in [0.25, 0.3) is 22.4 Å². The lowest BCUT2D eigenvalue weighted by Gasteiger charge is -2.04. The normalized spacial score (nSPS) is 10.6. The lowest BCUT2D eigenvalue weighted by molar-refractivity contribution is 1.37. The molecule has 1 heterocycles. The van der Waals surface area contributed by atoms with E-state index in [1.54, 1.807) is 11.3 Å². The van der Waals surface area contributed by atoms with Gasteiger partial charge < -0.3 is 5.32 Å². The number of aromatic nitrogens is 1. The fourth-order valence-corrected chi connectivity index (χ4v) is 3.51. The second-order valence-corrected chi connectivity index (χ2v) is 6.83. The molecule has 0 aliphatic carbocycles. The summed E-state index contributed by atoms with van der Waals surface area (Å²) >= 11 is 1.62. The average Bonchev–Trinajstić information content (AvgIpc) is 3.11. The highest BCUT2D eigenvalue weighted by atomic mass is 32.1. The second-order valence-electron chi connectivity index (χ2n) is 5.98. The number of thiazole rings is 1. The van der Waals surface area contributed by atoms with Crippen LogP contribution in [0.5, 0.6) is 0 Å². The van der Waals surface area contributed by atoms with Crippen molar-refractivity contribution < 1.29 is 0 Å². The van der Waals surface area contributed by atoms with Crippen LogP contribution in [-0.4, -0.2) is 4.98 Å². The Kier molecular flexibility index (Phi) is 4.32. The van der Waals surface area contributed by atoms with Crippen LogP contribution in [0.1, 0.15) is 5.56 Å². The van der Waals surface area contributed by atoms with Gasteiger partial charge in [0.1, 0.15) is 0 Å². The van der Waals surface area contributed by atoms with Crippen molar-refractivity contribution in [3.8, 4) is 22.4 Å². The van der Waals surface area contributed by atoms with Gasteiger partial charge in [0.05, 0.1) is 5.69 Å². The van der Waals surface area contributed by atoms with Gasteiger partial charge in [-0.1, -0.05) is 66.7 Å². The zero-order chi connectivity index (χ0) is 17.1. The Labute approximate surface area is 151 Å². The molecule has 0 amide bonds. The molecule has 3 aromatic carbocycles. The van der Waals surface area contributed by atoms with Crippen molar-refractivity contribution in [2.24, 2.45) is 0 Å². The van der Waals surface area contributed by atoms with Crippen LogP contribution in [0.15, 0.2) is 84.2 Å². The molecule has 0 atom stereocenters. The van der Waals surface area contributed by atoms with Crippen LogP contribution >= 0.6 is 11.3 Å². The van der Waals surface area contributed by atoms with E-state index in [0.717, 1.165) is 22.1 Å². The summed E-state index contributed by atoms with van der Waals surface area (Å²) in [5.41, 5.74) is 6.89. The van der Waals surface area contributed by atoms with Crippen LogP contribution in [0.3, 0.4) is 0 Å². The standard InChI is InChI=1S/C22H18N2S/c1-16-6-5-9-20(14-16)23-22-24-21(15-25-22)19-12-10-18(11-13-19)17-7-3-2-4-8-17/h2-15H,1H3,(H,23,24). The van der Waals surface area contributed by atoms with Gasteiger partial charge >= 0.3 is 0 Å². The van der Waals surface area contributed by atoms with Gasteiger partial charge in [0.2, 0.25) is 0 Å². The second kappa shape index (κ2) is 6.91. The number of hydrogen-bond acceptors (Lipinski definition) is 3. The molecule has 25 heavy (non-hydrogen) atoms. The molecule has 4 aromatic rings. The lowest BCUT2D eigenvalue weighted by atomic mass is 10.0. The van der Waals surface area contributed by atoms with Crippen LogP contribution in [0.2, 0.25) is 0 Å². The maximum absolute atomic E-state index is 4.72. The summed E-state index contributed by atoms with van der Waals surface area (Å²) in [5, 5.41) is 6.38. The van der Waals surface area contributed by atoms with Gasteiger partial charge in [-0.25, -0.2) is 4.98 Å². The zero-order valence-electron chi connectivity index (χ0n) is 13.9. The molecule has 122 valence electrons. The predicted octanol–water partition coefficient (Wildman–Crippen LogP) is 6.53. The quantitative estimate of drug-likeness (QED) is 0.456. The largest absolute Gasteiger partial charge is 0.332 e. The first-order valence-electron chi connectivity index (χ1n) is 8.23. The smallest absolute Gasteiger partial charge is 0.187 e. The van der Waals surface area contributed by atoms with Gasteiger partial charge in [-0.3, -0.25) is 0 Å². The van der Waals surface area contributed by atoms with Crippen LogP contribution in [0, 0.1) is 6.92 Å². The van der Waals surface area contributed by atoms with Crippen LogP contribution < -0.4 is 5.32 Å². The summed E-state index contributed by atoms with van der Waals surface area (Å²) in [6, 6.07) is 27.3. The van der Waals surface area contributed by atoms with Crippen molar-refractivity contribution in [3.63, 3.8) is 0 Å². The first-order valence-corrected chi connectivity index (χ1v) is 9.11. The SMILES string of the molecule is Cc1cccc(Nc2nc(-c3ccc(-c4ccccc4)cc3)cs2)c1. The lowest BCUT2D eigenvalue weighted by Crippen LogP contribution is -1.89. The molecule has 0 bridgehead atoms. The van der Waals surface area contributed by atoms with Crippen molar-refractivity contribution in [1.82, 2.24) is 4.98 Å². The van der Waals surface area contributed by atoms with Crippen molar-refractivity contribution >= 4 is 22.2 Å². The Morgan fingerprint density at radius 2 is 1.48 bits per heavy atom. The third-order valence-electron chi connectivity index (χ3n) is 4.06. The number of anilines is 2. The van der Waals surface area contributed by atoms with Crippen LogP contribution in [-0.2, 0) is 0 Å². The molecule has 4 rings (SSSR count). The van der Waals surface area contributed by atoms with Gasteiger partial charge in [0.15, 0.2) is 5.13 Å². The molecule has 0 unspecified atom stereocenters. The van der Waals surface area contributed by atoms with Gasteiger partial charge in [-0.2, -0.15) is 0 Å². The van der Waals surface area contributed by atoms with Gasteiger partial charge in [-0.15, -0.1) is 11.3 Å². The molecule has 3 heteroatoms. The molecular formula is C22H18N2S. The highest BCUT2D eigenvalue weighted by molar-refractivity contribution is 7.14. The number of rotatable bonds is 4. The third kappa shape index (κ3) is 3.62. The number of nitrogens with one attached hydrogen (secondary N) is 1. The molecule has 0 aliphatic heterocycles. The molecule has 1 N–H and O–H groups in total. The number of hydrogen-bond donors (Lipinski definition) is 1. The van der Waals surface area contributed by atoms with E-state index in [-0.39, 0.29) is 0 Å². The predicted molar refractivity (Wildman–Crippen MR) is 107 cm³/mol. The number of nitrogens with zero attached hydrogens (tertiary/aromatic N) is 1. The Balaban J connectivity index is 1.54. The van der Waals surface area contributed by atoms with E-state index in [0.29, 0.717) is 0 Å². The molecule has 0 saturated heterocycles.